The number of aromatic carboxylic acids is 1. The number of methoxy groups -OCH3 is 1. The number of fused-ring (bicyclic) bond motifs is 2. The largest absolute Gasteiger partial charge is 0.497 e. The van der Waals surface area contributed by atoms with Gasteiger partial charge in [0.05, 0.1) is 13.2 Å². The van der Waals surface area contributed by atoms with Crippen molar-refractivity contribution >= 4 is 16.9 Å². The van der Waals surface area contributed by atoms with Gasteiger partial charge in [0.2, 0.25) is 5.76 Å². The van der Waals surface area contributed by atoms with Crippen LogP contribution < -0.4 is 4.74 Å². The van der Waals surface area contributed by atoms with E-state index >= 15 is 0 Å². The summed E-state index contributed by atoms with van der Waals surface area (Å²) in [7, 11) is 1.55. The van der Waals surface area contributed by atoms with Crippen molar-refractivity contribution < 1.29 is 23.8 Å². The number of benzene rings is 1. The monoisotopic (exact) mass is 276 g/mol. The smallest absolute Gasteiger partial charge is 0.371 e. The van der Waals surface area contributed by atoms with Crippen LogP contribution in [0, 0.1) is 5.92 Å². The van der Waals surface area contributed by atoms with E-state index in [9.17, 15) is 4.79 Å². The Morgan fingerprint density at radius 3 is 2.75 bits per heavy atom. The summed E-state index contributed by atoms with van der Waals surface area (Å²) in [5.41, 5.74) is 0.545. The van der Waals surface area contributed by atoms with Gasteiger partial charge in [-0.05, 0) is 43.0 Å². The van der Waals surface area contributed by atoms with Crippen LogP contribution in [0.2, 0.25) is 0 Å². The van der Waals surface area contributed by atoms with Crippen LogP contribution in [0.15, 0.2) is 28.7 Å². The molecule has 2 aliphatic rings. The van der Waals surface area contributed by atoms with E-state index in [1.54, 1.807) is 25.3 Å². The molecule has 20 heavy (non-hydrogen) atoms. The molecule has 106 valence electrons. The van der Waals surface area contributed by atoms with Crippen LogP contribution in [0.3, 0.4) is 0 Å². The number of carbonyl (C=O) groups is 1. The van der Waals surface area contributed by atoms with Crippen LogP contribution in [0.5, 0.6) is 5.75 Å². The molecular weight excluding hydrogens is 260 g/mol. The molecule has 2 fully saturated rings. The average Bonchev–Trinajstić information content (AvgIpc) is 2.90. The summed E-state index contributed by atoms with van der Waals surface area (Å²) < 4.78 is 15.3. The maximum absolute atomic E-state index is 10.6. The first kappa shape index (κ1) is 13.0. The molecular formula is C15H16O5. The SMILES string of the molecule is C1CC2CC2O1.COc1ccc2oc(C(=O)O)cc2c1. The molecule has 0 radical (unpaired) electrons. The van der Waals surface area contributed by atoms with E-state index in [0.29, 0.717) is 17.4 Å². The molecule has 5 nitrogen and oxygen atoms in total. The van der Waals surface area contributed by atoms with Crippen molar-refractivity contribution in [2.75, 3.05) is 13.7 Å². The van der Waals surface area contributed by atoms with Crippen LogP contribution in [-0.2, 0) is 4.74 Å². The van der Waals surface area contributed by atoms with Gasteiger partial charge in [-0.3, -0.25) is 0 Å². The molecule has 1 saturated heterocycles. The molecule has 1 aliphatic carbocycles. The molecule has 1 aromatic carbocycles. The fourth-order valence-corrected chi connectivity index (χ4v) is 2.35. The molecule has 0 amide bonds. The standard InChI is InChI=1S/C10H8O4.C5H8O/c1-13-7-2-3-8-6(4-7)5-9(14-8)10(11)12;1-2-6-5-3-4(1)5/h2-5H,1H3,(H,11,12);4-5H,1-3H2. The van der Waals surface area contributed by atoms with Gasteiger partial charge >= 0.3 is 5.97 Å². The lowest BCUT2D eigenvalue weighted by Crippen LogP contribution is -1.91. The summed E-state index contributed by atoms with van der Waals surface area (Å²) in [4.78, 5) is 10.6. The van der Waals surface area contributed by atoms with Gasteiger partial charge < -0.3 is 19.0 Å². The highest BCUT2D eigenvalue weighted by Crippen LogP contribution is 2.41. The lowest BCUT2D eigenvalue weighted by atomic mass is 10.2. The second-order valence-electron chi connectivity index (χ2n) is 5.01. The molecule has 2 atom stereocenters. The summed E-state index contributed by atoms with van der Waals surface area (Å²) >= 11 is 0. The maximum atomic E-state index is 10.6. The maximum Gasteiger partial charge on any atom is 0.371 e. The Bertz CT molecular complexity index is 622. The summed E-state index contributed by atoms with van der Waals surface area (Å²) in [5, 5.41) is 9.41. The van der Waals surface area contributed by atoms with E-state index in [1.807, 2.05) is 0 Å². The zero-order valence-corrected chi connectivity index (χ0v) is 11.2. The first-order valence-corrected chi connectivity index (χ1v) is 6.60. The zero-order chi connectivity index (χ0) is 14.1. The van der Waals surface area contributed by atoms with Crippen molar-refractivity contribution in [3.63, 3.8) is 0 Å². The molecule has 1 N–H and O–H groups in total. The minimum Gasteiger partial charge on any atom is -0.497 e. The summed E-state index contributed by atoms with van der Waals surface area (Å²) in [6.45, 7) is 1.04. The Morgan fingerprint density at radius 1 is 1.40 bits per heavy atom. The number of carboxylic acids is 1. The minimum atomic E-state index is -1.07. The van der Waals surface area contributed by atoms with Crippen LogP contribution in [0.4, 0.5) is 0 Å². The van der Waals surface area contributed by atoms with Gasteiger partial charge in [-0.25, -0.2) is 4.79 Å². The Labute approximate surface area is 116 Å². The Kier molecular flexibility index (Phi) is 3.36. The fourth-order valence-electron chi connectivity index (χ4n) is 2.35. The third-order valence-corrected chi connectivity index (χ3v) is 3.61. The number of furan rings is 1. The van der Waals surface area contributed by atoms with Crippen LogP contribution in [0.25, 0.3) is 11.0 Å². The fraction of sp³-hybridized carbons (Fsp3) is 0.400. The second-order valence-corrected chi connectivity index (χ2v) is 5.01. The lowest BCUT2D eigenvalue weighted by molar-refractivity contribution is 0.0665. The van der Waals surface area contributed by atoms with Gasteiger partial charge in [-0.15, -0.1) is 0 Å². The van der Waals surface area contributed by atoms with Crippen LogP contribution >= 0.6 is 0 Å². The molecule has 0 spiro atoms. The number of ether oxygens (including phenoxy) is 2. The quantitative estimate of drug-likeness (QED) is 0.913. The van der Waals surface area contributed by atoms with Gasteiger partial charge in [0, 0.05) is 12.0 Å². The molecule has 1 aliphatic heterocycles. The lowest BCUT2D eigenvalue weighted by Gasteiger charge is -1.96. The Balaban J connectivity index is 0.000000165. The van der Waals surface area contributed by atoms with E-state index < -0.39 is 5.97 Å². The first-order chi connectivity index (χ1) is 9.67. The van der Waals surface area contributed by atoms with Crippen molar-refractivity contribution in [3.05, 3.63) is 30.0 Å². The molecule has 2 heterocycles. The Hall–Kier alpha value is -2.01. The molecule has 2 unspecified atom stereocenters. The third kappa shape index (κ3) is 2.63. The van der Waals surface area contributed by atoms with Crippen LogP contribution in [0.1, 0.15) is 23.4 Å². The molecule has 2 aromatic rings. The van der Waals surface area contributed by atoms with E-state index in [4.69, 9.17) is 19.0 Å². The Morgan fingerprint density at radius 2 is 2.25 bits per heavy atom. The van der Waals surface area contributed by atoms with Gasteiger partial charge in [0.1, 0.15) is 11.3 Å². The number of carboxylic acid groups (broad SMARTS) is 1. The third-order valence-electron chi connectivity index (χ3n) is 3.61. The van der Waals surface area contributed by atoms with Crippen molar-refractivity contribution in [1.82, 2.24) is 0 Å². The number of rotatable bonds is 2. The van der Waals surface area contributed by atoms with E-state index in [-0.39, 0.29) is 5.76 Å². The summed E-state index contributed by atoms with van der Waals surface area (Å²) in [6.07, 6.45) is 3.41. The normalized spacial score (nSPS) is 22.9. The molecule has 0 bridgehead atoms. The van der Waals surface area contributed by atoms with E-state index in [1.165, 1.54) is 18.9 Å². The average molecular weight is 276 g/mol. The molecule has 1 saturated carbocycles. The van der Waals surface area contributed by atoms with Crippen molar-refractivity contribution in [3.8, 4) is 5.75 Å². The van der Waals surface area contributed by atoms with Gasteiger partial charge in [0.15, 0.2) is 0 Å². The number of hydrogen-bond donors (Lipinski definition) is 1. The van der Waals surface area contributed by atoms with Gasteiger partial charge in [-0.2, -0.15) is 0 Å². The van der Waals surface area contributed by atoms with Crippen molar-refractivity contribution in [2.45, 2.75) is 18.9 Å². The highest BCUT2D eigenvalue weighted by molar-refractivity contribution is 5.91. The second kappa shape index (κ2) is 5.17. The van der Waals surface area contributed by atoms with E-state index in [0.717, 1.165) is 17.9 Å². The van der Waals surface area contributed by atoms with E-state index in [2.05, 4.69) is 0 Å². The predicted molar refractivity (Wildman–Crippen MR) is 72.2 cm³/mol. The molecule has 1 aromatic heterocycles. The topological polar surface area (TPSA) is 68.9 Å². The van der Waals surface area contributed by atoms with Crippen molar-refractivity contribution in [2.24, 2.45) is 5.92 Å². The minimum absolute atomic E-state index is 0.0618. The first-order valence-electron chi connectivity index (χ1n) is 6.60. The number of hydrogen-bond acceptors (Lipinski definition) is 4. The van der Waals surface area contributed by atoms with Crippen molar-refractivity contribution in [1.29, 1.82) is 0 Å². The van der Waals surface area contributed by atoms with Gasteiger partial charge in [0.25, 0.3) is 0 Å². The van der Waals surface area contributed by atoms with Crippen LogP contribution in [-0.4, -0.2) is 30.9 Å². The predicted octanol–water partition coefficient (Wildman–Crippen LogP) is 2.93. The highest BCUT2D eigenvalue weighted by atomic mass is 16.5. The zero-order valence-electron chi connectivity index (χ0n) is 11.2. The molecule has 4 rings (SSSR count). The molecule has 5 heteroatoms. The summed E-state index contributed by atoms with van der Waals surface area (Å²) in [6, 6.07) is 6.60. The van der Waals surface area contributed by atoms with Gasteiger partial charge in [-0.1, -0.05) is 0 Å². The summed E-state index contributed by atoms with van der Waals surface area (Å²) in [5.74, 6) is 0.536. The highest BCUT2D eigenvalue weighted by Gasteiger charge is 2.42.